The lowest BCUT2D eigenvalue weighted by atomic mass is 10.1. The van der Waals surface area contributed by atoms with Gasteiger partial charge in [0, 0.05) is 27.1 Å². The highest BCUT2D eigenvalue weighted by Crippen LogP contribution is 2.30. The summed E-state index contributed by atoms with van der Waals surface area (Å²) < 4.78 is 0. The van der Waals surface area contributed by atoms with Crippen LogP contribution in [-0.4, -0.2) is 11.2 Å². The van der Waals surface area contributed by atoms with Crippen molar-refractivity contribution in [3.8, 4) is 21.8 Å². The second-order valence-electron chi connectivity index (χ2n) is 4.39. The molecule has 0 aliphatic carbocycles. The van der Waals surface area contributed by atoms with Gasteiger partial charge in [-0.25, -0.2) is 4.98 Å². The average molecular weight is 298 g/mol. The number of nitrogens with zero attached hydrogens (tertiary/aromatic N) is 1. The number of hydrogen-bond acceptors (Lipinski definition) is 4. The van der Waals surface area contributed by atoms with Crippen LogP contribution in [0, 0.1) is 0 Å². The molecule has 0 saturated heterocycles. The molecule has 1 heterocycles. The van der Waals surface area contributed by atoms with Crippen LogP contribution in [0.5, 0.6) is 0 Å². The second kappa shape index (κ2) is 5.69. The molecule has 0 unspecified atom stereocenters. The Kier molecular flexibility index (Phi) is 3.76. The SMILES string of the molecule is CSc1ccc(-c2nc(-c3cccc(N)c3)cs2)cc1. The van der Waals surface area contributed by atoms with Crippen LogP contribution in [0.25, 0.3) is 21.8 Å². The first-order chi connectivity index (χ1) is 9.76. The summed E-state index contributed by atoms with van der Waals surface area (Å²) in [6.45, 7) is 0. The fourth-order valence-corrected chi connectivity index (χ4v) is 3.21. The van der Waals surface area contributed by atoms with Crippen molar-refractivity contribution in [1.29, 1.82) is 0 Å². The van der Waals surface area contributed by atoms with E-state index in [0.29, 0.717) is 0 Å². The lowest BCUT2D eigenvalue weighted by Crippen LogP contribution is -1.85. The Bertz CT molecular complexity index is 717. The third kappa shape index (κ3) is 2.71. The molecule has 0 spiro atoms. The molecule has 0 aliphatic heterocycles. The van der Waals surface area contributed by atoms with Gasteiger partial charge < -0.3 is 5.73 Å². The van der Waals surface area contributed by atoms with Gasteiger partial charge in [0.2, 0.25) is 0 Å². The number of benzene rings is 2. The predicted octanol–water partition coefficient (Wildman–Crippen LogP) is 4.78. The number of thioether (sulfide) groups is 1. The number of anilines is 1. The highest BCUT2D eigenvalue weighted by molar-refractivity contribution is 7.98. The number of thiazole rings is 1. The van der Waals surface area contributed by atoms with E-state index in [2.05, 4.69) is 35.9 Å². The van der Waals surface area contributed by atoms with E-state index in [4.69, 9.17) is 10.7 Å². The minimum atomic E-state index is 0.765. The highest BCUT2D eigenvalue weighted by Gasteiger charge is 2.06. The standard InChI is InChI=1S/C16H14N2S2/c1-19-14-7-5-11(6-8-14)16-18-15(10-20-16)12-3-2-4-13(17)9-12/h2-10H,17H2,1H3. The molecule has 0 atom stereocenters. The lowest BCUT2D eigenvalue weighted by molar-refractivity contribution is 1.38. The maximum absolute atomic E-state index is 5.82. The third-order valence-electron chi connectivity index (χ3n) is 3.02. The fourth-order valence-electron chi connectivity index (χ4n) is 1.97. The maximum Gasteiger partial charge on any atom is 0.124 e. The Morgan fingerprint density at radius 1 is 1.05 bits per heavy atom. The Morgan fingerprint density at radius 3 is 2.55 bits per heavy atom. The average Bonchev–Trinajstić information content (AvgIpc) is 2.97. The molecule has 3 aromatic rings. The van der Waals surface area contributed by atoms with Gasteiger partial charge in [0.25, 0.3) is 0 Å². The first kappa shape index (κ1) is 13.2. The topological polar surface area (TPSA) is 38.9 Å². The van der Waals surface area contributed by atoms with Crippen LogP contribution in [0.2, 0.25) is 0 Å². The molecule has 3 rings (SSSR count). The molecular formula is C16H14N2S2. The van der Waals surface area contributed by atoms with Crippen molar-refractivity contribution in [2.45, 2.75) is 4.90 Å². The largest absolute Gasteiger partial charge is 0.399 e. The predicted molar refractivity (Wildman–Crippen MR) is 89.2 cm³/mol. The first-order valence-corrected chi connectivity index (χ1v) is 8.32. The highest BCUT2D eigenvalue weighted by atomic mass is 32.2. The quantitative estimate of drug-likeness (QED) is 0.558. The molecule has 0 bridgehead atoms. The Hall–Kier alpha value is -1.78. The van der Waals surface area contributed by atoms with Crippen LogP contribution in [0.15, 0.2) is 58.8 Å². The second-order valence-corrected chi connectivity index (χ2v) is 6.13. The van der Waals surface area contributed by atoms with Crippen molar-refractivity contribution in [2.75, 3.05) is 12.0 Å². The number of nitrogen functional groups attached to an aromatic ring is 1. The maximum atomic E-state index is 5.82. The number of aromatic nitrogens is 1. The van der Waals surface area contributed by atoms with E-state index in [0.717, 1.165) is 27.5 Å². The van der Waals surface area contributed by atoms with Crippen molar-refractivity contribution >= 4 is 28.8 Å². The summed E-state index contributed by atoms with van der Waals surface area (Å²) in [7, 11) is 0. The molecule has 4 heteroatoms. The molecule has 100 valence electrons. The van der Waals surface area contributed by atoms with Crippen molar-refractivity contribution in [3.05, 3.63) is 53.9 Å². The Morgan fingerprint density at radius 2 is 1.85 bits per heavy atom. The summed E-state index contributed by atoms with van der Waals surface area (Å²) in [5.41, 5.74) is 9.78. The first-order valence-electron chi connectivity index (χ1n) is 6.22. The smallest absolute Gasteiger partial charge is 0.124 e. The van der Waals surface area contributed by atoms with Gasteiger partial charge in [0.15, 0.2) is 0 Å². The molecule has 0 amide bonds. The van der Waals surface area contributed by atoms with E-state index >= 15 is 0 Å². The van der Waals surface area contributed by atoms with E-state index in [9.17, 15) is 0 Å². The van der Waals surface area contributed by atoms with Crippen LogP contribution < -0.4 is 5.73 Å². The van der Waals surface area contributed by atoms with Crippen molar-refractivity contribution in [1.82, 2.24) is 4.98 Å². The van der Waals surface area contributed by atoms with Gasteiger partial charge in [0.1, 0.15) is 5.01 Å². The summed E-state index contributed by atoms with van der Waals surface area (Å²) in [5.74, 6) is 0. The van der Waals surface area contributed by atoms with Gasteiger partial charge in [-0.05, 0) is 30.5 Å². The normalized spacial score (nSPS) is 10.7. The van der Waals surface area contributed by atoms with E-state index < -0.39 is 0 Å². The van der Waals surface area contributed by atoms with Gasteiger partial charge in [-0.1, -0.05) is 24.3 Å². The number of nitrogens with two attached hydrogens (primary N) is 1. The van der Waals surface area contributed by atoms with Crippen molar-refractivity contribution < 1.29 is 0 Å². The molecule has 0 aliphatic rings. The fraction of sp³-hybridized carbons (Fsp3) is 0.0625. The van der Waals surface area contributed by atoms with Gasteiger partial charge in [-0.15, -0.1) is 23.1 Å². The molecule has 2 nitrogen and oxygen atoms in total. The zero-order valence-electron chi connectivity index (χ0n) is 11.0. The van der Waals surface area contributed by atoms with Gasteiger partial charge in [-0.3, -0.25) is 0 Å². The molecule has 2 N–H and O–H groups in total. The van der Waals surface area contributed by atoms with Crippen LogP contribution in [-0.2, 0) is 0 Å². The van der Waals surface area contributed by atoms with Gasteiger partial charge >= 0.3 is 0 Å². The summed E-state index contributed by atoms with van der Waals surface area (Å²) in [4.78, 5) is 5.97. The van der Waals surface area contributed by atoms with E-state index in [1.807, 2.05) is 24.3 Å². The summed E-state index contributed by atoms with van der Waals surface area (Å²) in [5, 5.41) is 3.11. The zero-order valence-corrected chi connectivity index (χ0v) is 12.7. The molecule has 0 radical (unpaired) electrons. The number of rotatable bonds is 3. The molecule has 0 saturated carbocycles. The molecule has 2 aromatic carbocycles. The number of hydrogen-bond donors (Lipinski definition) is 1. The zero-order chi connectivity index (χ0) is 13.9. The van der Waals surface area contributed by atoms with Crippen molar-refractivity contribution in [3.63, 3.8) is 0 Å². The molecule has 20 heavy (non-hydrogen) atoms. The van der Waals surface area contributed by atoms with E-state index in [1.54, 1.807) is 23.1 Å². The van der Waals surface area contributed by atoms with Gasteiger partial charge in [-0.2, -0.15) is 0 Å². The van der Waals surface area contributed by atoms with Crippen LogP contribution >= 0.6 is 23.1 Å². The Balaban J connectivity index is 1.93. The monoisotopic (exact) mass is 298 g/mol. The Labute approximate surface area is 126 Å². The van der Waals surface area contributed by atoms with Crippen LogP contribution in [0.4, 0.5) is 5.69 Å². The minimum absolute atomic E-state index is 0.765. The summed E-state index contributed by atoms with van der Waals surface area (Å²) in [6, 6.07) is 16.3. The molecular weight excluding hydrogens is 284 g/mol. The summed E-state index contributed by atoms with van der Waals surface area (Å²) in [6.07, 6.45) is 2.08. The minimum Gasteiger partial charge on any atom is -0.399 e. The van der Waals surface area contributed by atoms with Crippen LogP contribution in [0.3, 0.4) is 0 Å². The third-order valence-corrected chi connectivity index (χ3v) is 4.66. The van der Waals surface area contributed by atoms with E-state index in [-0.39, 0.29) is 0 Å². The van der Waals surface area contributed by atoms with Gasteiger partial charge in [0.05, 0.1) is 5.69 Å². The molecule has 1 aromatic heterocycles. The molecule has 0 fully saturated rings. The lowest BCUT2D eigenvalue weighted by Gasteiger charge is -1.99. The summed E-state index contributed by atoms with van der Waals surface area (Å²) >= 11 is 3.40. The van der Waals surface area contributed by atoms with E-state index in [1.165, 1.54) is 4.90 Å². The van der Waals surface area contributed by atoms with Crippen LogP contribution in [0.1, 0.15) is 0 Å². The van der Waals surface area contributed by atoms with Crippen molar-refractivity contribution in [2.24, 2.45) is 0 Å².